The van der Waals surface area contributed by atoms with E-state index in [1.54, 1.807) is 29.0 Å². The second-order valence-electron chi connectivity index (χ2n) is 4.48. The maximum Gasteiger partial charge on any atom is 0.356 e. The molecular weight excluding hydrogens is 446 g/mol. The quantitative estimate of drug-likeness (QED) is 0.429. The van der Waals surface area contributed by atoms with Gasteiger partial charge in [0.1, 0.15) is 22.8 Å². The number of H-pyrrole nitrogens is 1. The van der Waals surface area contributed by atoms with Crippen molar-refractivity contribution in [1.82, 2.24) is 14.3 Å². The third-order valence-corrected chi connectivity index (χ3v) is 3.81. The minimum Gasteiger partial charge on any atom is -0.464 e. The summed E-state index contributed by atoms with van der Waals surface area (Å²) in [7, 11) is 1.31. The Bertz CT molecular complexity index is 996. The number of nitrogen functional groups attached to an aromatic ring is 1. The number of ether oxygens (including phenoxy) is 1. The molecule has 3 N–H and O–H groups in total. The van der Waals surface area contributed by atoms with Crippen molar-refractivity contribution in [3.63, 3.8) is 0 Å². The van der Waals surface area contributed by atoms with Gasteiger partial charge in [-0.1, -0.05) is 0 Å². The number of hydrogen-bond donors (Lipinski definition) is 2. The second kappa shape index (κ2) is 7.37. The van der Waals surface area contributed by atoms with Crippen LogP contribution in [0.1, 0.15) is 16.1 Å². The number of halogens is 2. The monoisotopic (exact) mass is 455 g/mol. The Morgan fingerprint density at radius 2 is 2.00 bits per heavy atom. The maximum atomic E-state index is 11.5. The molecular formula is C14H11Br2N5O3. The first-order chi connectivity index (χ1) is 11.4. The predicted octanol–water partition coefficient (Wildman–Crippen LogP) is 2.01. The normalized spacial score (nSPS) is 9.92. The van der Waals surface area contributed by atoms with E-state index in [-0.39, 0.29) is 11.0 Å². The molecule has 0 saturated carbocycles. The highest BCUT2D eigenvalue weighted by Crippen LogP contribution is 2.13. The highest BCUT2D eigenvalue weighted by Gasteiger charge is 2.10. The number of carbonyl (C=O) groups is 1. The Kier molecular flexibility index (Phi) is 5.48. The van der Waals surface area contributed by atoms with Gasteiger partial charge in [-0.25, -0.2) is 4.79 Å². The molecule has 3 aromatic rings. The van der Waals surface area contributed by atoms with E-state index in [9.17, 15) is 9.59 Å². The lowest BCUT2D eigenvalue weighted by Crippen LogP contribution is -2.15. The Morgan fingerprint density at radius 3 is 2.54 bits per heavy atom. The Balaban J connectivity index is 0.000000177. The van der Waals surface area contributed by atoms with Crippen molar-refractivity contribution in [3.05, 3.63) is 61.1 Å². The van der Waals surface area contributed by atoms with E-state index < -0.39 is 5.97 Å². The average Bonchev–Trinajstić information content (AvgIpc) is 3.09. The van der Waals surface area contributed by atoms with E-state index in [0.717, 1.165) is 8.95 Å². The molecule has 0 amide bonds. The molecule has 3 aromatic heterocycles. The molecule has 0 aliphatic heterocycles. The summed E-state index contributed by atoms with van der Waals surface area (Å²) in [4.78, 5) is 22.4. The molecule has 0 saturated heterocycles. The van der Waals surface area contributed by atoms with Crippen molar-refractivity contribution in [2.24, 2.45) is 0 Å². The number of rotatable bonds is 1. The lowest BCUT2D eigenvalue weighted by Gasteiger charge is -1.98. The first-order valence-corrected chi connectivity index (χ1v) is 7.96. The van der Waals surface area contributed by atoms with E-state index >= 15 is 0 Å². The summed E-state index contributed by atoms with van der Waals surface area (Å²) < 4.78 is 8.79. The SMILES string of the molecule is COC(=O)c1cc(Br)cn1N.N#Cc1c[nH]n2cc(Br)cc2c1=O. The van der Waals surface area contributed by atoms with Crippen LogP contribution in [0.5, 0.6) is 0 Å². The molecule has 24 heavy (non-hydrogen) atoms. The van der Waals surface area contributed by atoms with E-state index in [1.165, 1.54) is 18.0 Å². The topological polar surface area (TPSA) is 118 Å². The highest BCUT2D eigenvalue weighted by atomic mass is 79.9. The fraction of sp³-hybridized carbons (Fsp3) is 0.0714. The predicted molar refractivity (Wildman–Crippen MR) is 94.1 cm³/mol. The molecule has 0 aliphatic rings. The minimum atomic E-state index is -0.446. The average molecular weight is 457 g/mol. The zero-order valence-corrected chi connectivity index (χ0v) is 15.5. The molecule has 0 unspecified atom stereocenters. The van der Waals surface area contributed by atoms with Gasteiger partial charge in [0.15, 0.2) is 0 Å². The molecule has 3 rings (SSSR count). The van der Waals surface area contributed by atoms with Gasteiger partial charge in [-0.3, -0.25) is 14.0 Å². The lowest BCUT2D eigenvalue weighted by atomic mass is 10.3. The Labute approximate surface area is 152 Å². The van der Waals surface area contributed by atoms with Gasteiger partial charge in [0, 0.05) is 27.5 Å². The van der Waals surface area contributed by atoms with Gasteiger partial charge in [0.2, 0.25) is 5.43 Å². The van der Waals surface area contributed by atoms with E-state index in [0.29, 0.717) is 11.2 Å². The number of nitriles is 1. The van der Waals surface area contributed by atoms with E-state index in [2.05, 4.69) is 41.7 Å². The van der Waals surface area contributed by atoms with Crippen molar-refractivity contribution in [2.45, 2.75) is 0 Å². The molecule has 0 fully saturated rings. The fourth-order valence-corrected chi connectivity index (χ4v) is 2.71. The van der Waals surface area contributed by atoms with Gasteiger partial charge in [-0.2, -0.15) is 5.26 Å². The molecule has 10 heteroatoms. The largest absolute Gasteiger partial charge is 0.464 e. The Hall–Kier alpha value is -2.51. The molecule has 3 heterocycles. The summed E-state index contributed by atoms with van der Waals surface area (Å²) in [6.07, 6.45) is 4.69. The maximum absolute atomic E-state index is 11.5. The molecule has 0 bridgehead atoms. The standard InChI is InChI=1S/C8H4BrN3O.C6H7BrN2O2/c9-6-1-7-8(13)5(2-10)3-11-12(7)4-6;1-11-6(10)5-2-4(7)3-9(5)8/h1,3-4,11H;2-3H,8H2,1H3. The van der Waals surface area contributed by atoms with Crippen LogP contribution in [-0.4, -0.2) is 27.4 Å². The number of nitrogens with one attached hydrogen (secondary N) is 1. The van der Waals surface area contributed by atoms with Crippen molar-refractivity contribution in [1.29, 1.82) is 5.26 Å². The third-order valence-electron chi connectivity index (χ3n) is 2.94. The minimum absolute atomic E-state index is 0.123. The number of esters is 1. The van der Waals surface area contributed by atoms with E-state index in [1.807, 2.05) is 6.07 Å². The number of methoxy groups -OCH3 is 1. The lowest BCUT2D eigenvalue weighted by molar-refractivity contribution is 0.0591. The first kappa shape index (κ1) is 17.8. The van der Waals surface area contributed by atoms with Gasteiger partial charge in [-0.15, -0.1) is 0 Å². The fourth-order valence-electron chi connectivity index (χ4n) is 1.85. The number of nitrogens with two attached hydrogens (primary N) is 1. The van der Waals surface area contributed by atoms with Gasteiger partial charge in [0.25, 0.3) is 0 Å². The summed E-state index contributed by atoms with van der Waals surface area (Å²) in [5, 5.41) is 11.4. The van der Waals surface area contributed by atoms with Gasteiger partial charge in [-0.05, 0) is 44.0 Å². The van der Waals surface area contributed by atoms with Crippen LogP contribution in [0.25, 0.3) is 5.52 Å². The van der Waals surface area contributed by atoms with E-state index in [4.69, 9.17) is 11.1 Å². The number of aromatic nitrogens is 3. The molecule has 8 nitrogen and oxygen atoms in total. The third kappa shape index (κ3) is 3.69. The summed E-state index contributed by atoms with van der Waals surface area (Å²) >= 11 is 6.41. The second-order valence-corrected chi connectivity index (χ2v) is 6.32. The number of aromatic amines is 1. The van der Waals surface area contributed by atoms with Gasteiger partial charge < -0.3 is 15.7 Å². The number of nitrogens with zero attached hydrogens (tertiary/aromatic N) is 3. The summed E-state index contributed by atoms with van der Waals surface area (Å²) in [6, 6.07) is 5.08. The molecule has 0 atom stereocenters. The number of hydrogen-bond acceptors (Lipinski definition) is 5. The van der Waals surface area contributed by atoms with Crippen LogP contribution in [-0.2, 0) is 4.74 Å². The van der Waals surface area contributed by atoms with Gasteiger partial charge in [0.05, 0.1) is 7.11 Å². The van der Waals surface area contributed by atoms with Gasteiger partial charge >= 0.3 is 5.97 Å². The summed E-state index contributed by atoms with van der Waals surface area (Å²) in [5.41, 5.74) is 0.648. The van der Waals surface area contributed by atoms with Crippen LogP contribution in [0.15, 0.2) is 44.5 Å². The Morgan fingerprint density at radius 1 is 1.33 bits per heavy atom. The first-order valence-electron chi connectivity index (χ1n) is 6.38. The summed E-state index contributed by atoms with van der Waals surface area (Å²) in [6.45, 7) is 0. The van der Waals surface area contributed by atoms with Crippen LogP contribution in [0.3, 0.4) is 0 Å². The van der Waals surface area contributed by atoms with Crippen LogP contribution >= 0.6 is 31.9 Å². The van der Waals surface area contributed by atoms with Crippen LogP contribution in [0.2, 0.25) is 0 Å². The molecule has 0 radical (unpaired) electrons. The zero-order chi connectivity index (χ0) is 17.9. The smallest absolute Gasteiger partial charge is 0.356 e. The van der Waals surface area contributed by atoms with Crippen LogP contribution in [0.4, 0.5) is 0 Å². The van der Waals surface area contributed by atoms with Crippen LogP contribution in [0, 0.1) is 11.3 Å². The van der Waals surface area contributed by atoms with Crippen molar-refractivity contribution in [3.8, 4) is 6.07 Å². The molecule has 0 aliphatic carbocycles. The highest BCUT2D eigenvalue weighted by molar-refractivity contribution is 9.10. The number of fused-ring (bicyclic) bond motifs is 1. The summed E-state index contributed by atoms with van der Waals surface area (Å²) in [5.74, 6) is 4.96. The van der Waals surface area contributed by atoms with Crippen molar-refractivity contribution in [2.75, 3.05) is 13.0 Å². The molecule has 0 spiro atoms. The van der Waals surface area contributed by atoms with Crippen molar-refractivity contribution >= 4 is 43.3 Å². The molecule has 124 valence electrons. The van der Waals surface area contributed by atoms with Crippen LogP contribution < -0.4 is 11.3 Å². The number of carbonyl (C=O) groups excluding carboxylic acids is 1. The van der Waals surface area contributed by atoms with Crippen molar-refractivity contribution < 1.29 is 9.53 Å². The zero-order valence-electron chi connectivity index (χ0n) is 12.3. The molecule has 0 aromatic carbocycles.